The average Bonchev–Trinajstić information content (AvgIpc) is 3.31. The van der Waals surface area contributed by atoms with Crippen LogP contribution in [0.2, 0.25) is 0 Å². The number of hydrogen-bond donors (Lipinski definition) is 0. The Balaban J connectivity index is 1.29. The highest BCUT2D eigenvalue weighted by molar-refractivity contribution is 5.91. The van der Waals surface area contributed by atoms with Crippen molar-refractivity contribution in [2.24, 2.45) is 0 Å². The van der Waals surface area contributed by atoms with E-state index in [1.54, 1.807) is 0 Å². The first kappa shape index (κ1) is 47.9. The summed E-state index contributed by atoms with van der Waals surface area (Å²) < 4.78 is 0. The second-order valence-electron chi connectivity index (χ2n) is 21.5. The first-order valence-corrected chi connectivity index (χ1v) is 25.6. The molecule has 0 aliphatic carbocycles. The third-order valence-corrected chi connectivity index (χ3v) is 14.1. The van der Waals surface area contributed by atoms with Crippen molar-refractivity contribution in [3.8, 4) is 100 Å². The molecule has 354 valence electrons. The van der Waals surface area contributed by atoms with Gasteiger partial charge in [0.1, 0.15) is 0 Å². The monoisotopic (exact) mass is 931 g/mol. The Morgan fingerprint density at radius 2 is 0.167 bits per heavy atom. The van der Waals surface area contributed by atoms with E-state index in [0.29, 0.717) is 0 Å². The lowest BCUT2D eigenvalue weighted by Crippen LogP contribution is -1.93. The molecule has 10 aromatic rings. The van der Waals surface area contributed by atoms with Crippen molar-refractivity contribution < 1.29 is 0 Å². The standard InChI is InChI=1S/C72H66/c1-43-13-44(2)20-55(19-43)61-31-62(56-21-45(3)14-46(4)22-56)35-67(34-61)70-40-71(68-36-63(57-23-47(5)15-48(6)24-57)32-64(37-68)58-25-49(7)16-50(8)26-58)42-72(41-70)69-38-65(59-27-51(9)17-52(10)28-59)33-66(39-69)60-29-53(11)18-54(12)30-60/h13-42H,1-12H3. The van der Waals surface area contributed by atoms with E-state index in [-0.39, 0.29) is 0 Å². The van der Waals surface area contributed by atoms with Gasteiger partial charge < -0.3 is 0 Å². The van der Waals surface area contributed by atoms with Crippen molar-refractivity contribution in [1.29, 1.82) is 0 Å². The van der Waals surface area contributed by atoms with Gasteiger partial charge in [0.25, 0.3) is 0 Å². The highest BCUT2D eigenvalue weighted by Crippen LogP contribution is 2.42. The molecule has 0 aliphatic rings. The molecule has 0 spiro atoms. The zero-order valence-corrected chi connectivity index (χ0v) is 44.3. The molecule has 0 saturated heterocycles. The van der Waals surface area contributed by atoms with Crippen LogP contribution >= 0.6 is 0 Å². The van der Waals surface area contributed by atoms with Gasteiger partial charge in [-0.15, -0.1) is 0 Å². The van der Waals surface area contributed by atoms with E-state index >= 15 is 0 Å². The molecule has 72 heavy (non-hydrogen) atoms. The van der Waals surface area contributed by atoms with Crippen LogP contribution in [-0.4, -0.2) is 0 Å². The maximum atomic E-state index is 2.44. The van der Waals surface area contributed by atoms with E-state index in [2.05, 4.69) is 265 Å². The number of benzene rings is 10. The third-order valence-electron chi connectivity index (χ3n) is 14.1. The van der Waals surface area contributed by atoms with Gasteiger partial charge in [0, 0.05) is 0 Å². The van der Waals surface area contributed by atoms with Crippen LogP contribution in [0.5, 0.6) is 0 Å². The van der Waals surface area contributed by atoms with Crippen molar-refractivity contribution in [2.45, 2.75) is 83.1 Å². The minimum Gasteiger partial charge on any atom is -0.0563 e. The molecule has 0 fully saturated rings. The minimum atomic E-state index is 1.17. The molecule has 0 heterocycles. The average molecular weight is 931 g/mol. The summed E-state index contributed by atoms with van der Waals surface area (Å²) in [5, 5.41) is 0. The van der Waals surface area contributed by atoms with Gasteiger partial charge in [-0.3, -0.25) is 0 Å². The number of rotatable bonds is 9. The molecule has 10 rings (SSSR count). The van der Waals surface area contributed by atoms with E-state index in [0.717, 1.165) is 0 Å². The van der Waals surface area contributed by atoms with E-state index in [4.69, 9.17) is 0 Å². The highest BCUT2D eigenvalue weighted by atomic mass is 14.2. The van der Waals surface area contributed by atoms with E-state index in [1.165, 1.54) is 167 Å². The lowest BCUT2D eigenvalue weighted by molar-refractivity contribution is 1.38. The molecule has 0 bridgehead atoms. The van der Waals surface area contributed by atoms with Crippen LogP contribution in [0, 0.1) is 83.1 Å². The lowest BCUT2D eigenvalue weighted by atomic mass is 9.86. The van der Waals surface area contributed by atoms with Crippen LogP contribution in [0.3, 0.4) is 0 Å². The van der Waals surface area contributed by atoms with E-state index in [9.17, 15) is 0 Å². The number of aryl methyl sites for hydroxylation is 12. The van der Waals surface area contributed by atoms with Crippen molar-refractivity contribution in [3.05, 3.63) is 249 Å². The van der Waals surface area contributed by atoms with Gasteiger partial charge >= 0.3 is 0 Å². The molecule has 0 nitrogen and oxygen atoms in total. The Hall–Kier alpha value is -7.80. The smallest absolute Gasteiger partial charge is 0.0171 e. The van der Waals surface area contributed by atoms with Gasteiger partial charge in [-0.1, -0.05) is 176 Å². The Kier molecular flexibility index (Phi) is 12.9. The van der Waals surface area contributed by atoms with Crippen LogP contribution in [-0.2, 0) is 0 Å². The van der Waals surface area contributed by atoms with Crippen molar-refractivity contribution >= 4 is 0 Å². The lowest BCUT2D eigenvalue weighted by Gasteiger charge is -2.18. The van der Waals surface area contributed by atoms with Gasteiger partial charge in [-0.05, 0) is 256 Å². The molecule has 0 saturated carbocycles. The van der Waals surface area contributed by atoms with Crippen molar-refractivity contribution in [1.82, 2.24) is 0 Å². The third kappa shape index (κ3) is 10.6. The highest BCUT2D eigenvalue weighted by Gasteiger charge is 2.17. The van der Waals surface area contributed by atoms with Crippen LogP contribution in [0.25, 0.3) is 100 Å². The first-order valence-electron chi connectivity index (χ1n) is 25.6. The van der Waals surface area contributed by atoms with Crippen LogP contribution in [0.4, 0.5) is 0 Å². The molecule has 0 atom stereocenters. The molecular weight excluding hydrogens is 865 g/mol. The molecular formula is C72H66. The van der Waals surface area contributed by atoms with Gasteiger partial charge in [0.2, 0.25) is 0 Å². The SMILES string of the molecule is Cc1cc(C)cc(-c2cc(-c3cc(C)cc(C)c3)cc(-c3cc(-c4cc(-c5cc(C)cc(C)c5)cc(-c5cc(C)cc(C)c5)c4)cc(-c4cc(-c5cc(C)cc(C)c5)cc(-c5cc(C)cc(C)c5)c4)c3)c2)c1. The van der Waals surface area contributed by atoms with Crippen LogP contribution in [0.15, 0.2) is 182 Å². The summed E-state index contributed by atoms with van der Waals surface area (Å²) in [6, 6.07) is 70.6. The molecule has 0 amide bonds. The topological polar surface area (TPSA) is 0 Å². The molecule has 0 aromatic heterocycles. The zero-order chi connectivity index (χ0) is 50.5. The first-order chi connectivity index (χ1) is 34.4. The van der Waals surface area contributed by atoms with Crippen molar-refractivity contribution in [2.75, 3.05) is 0 Å². The molecule has 10 aromatic carbocycles. The molecule has 0 N–H and O–H groups in total. The fourth-order valence-corrected chi connectivity index (χ4v) is 11.4. The number of hydrogen-bond acceptors (Lipinski definition) is 0. The Morgan fingerprint density at radius 1 is 0.0972 bits per heavy atom. The molecule has 0 heteroatoms. The fourth-order valence-electron chi connectivity index (χ4n) is 11.4. The van der Waals surface area contributed by atoms with Gasteiger partial charge in [0.05, 0.1) is 0 Å². The maximum Gasteiger partial charge on any atom is -0.0171 e. The second-order valence-corrected chi connectivity index (χ2v) is 21.5. The van der Waals surface area contributed by atoms with Crippen LogP contribution in [0.1, 0.15) is 66.8 Å². The zero-order valence-electron chi connectivity index (χ0n) is 44.3. The summed E-state index contributed by atoms with van der Waals surface area (Å²) >= 11 is 0. The van der Waals surface area contributed by atoms with Crippen molar-refractivity contribution in [3.63, 3.8) is 0 Å². The van der Waals surface area contributed by atoms with E-state index < -0.39 is 0 Å². The van der Waals surface area contributed by atoms with Gasteiger partial charge in [0.15, 0.2) is 0 Å². The molecule has 0 aliphatic heterocycles. The van der Waals surface area contributed by atoms with Gasteiger partial charge in [-0.25, -0.2) is 0 Å². The normalized spacial score (nSPS) is 11.3. The predicted octanol–water partition coefficient (Wildman–Crippen LogP) is 20.4. The summed E-state index contributed by atoms with van der Waals surface area (Å²) in [5.41, 5.74) is 36.9. The Bertz CT molecular complexity index is 3020. The maximum absolute atomic E-state index is 2.44. The predicted molar refractivity (Wildman–Crippen MR) is 312 cm³/mol. The summed E-state index contributed by atoms with van der Waals surface area (Å²) in [5.74, 6) is 0. The summed E-state index contributed by atoms with van der Waals surface area (Å²) in [6.45, 7) is 26.5. The molecule has 0 unspecified atom stereocenters. The summed E-state index contributed by atoms with van der Waals surface area (Å²) in [6.07, 6.45) is 0. The largest absolute Gasteiger partial charge is 0.0563 e. The van der Waals surface area contributed by atoms with E-state index in [1.807, 2.05) is 0 Å². The summed E-state index contributed by atoms with van der Waals surface area (Å²) in [4.78, 5) is 0. The molecule has 0 radical (unpaired) electrons. The second kappa shape index (κ2) is 19.4. The Morgan fingerprint density at radius 3 is 0.250 bits per heavy atom. The summed E-state index contributed by atoms with van der Waals surface area (Å²) in [7, 11) is 0. The Labute approximate surface area is 429 Å². The minimum absolute atomic E-state index is 1.17. The quantitative estimate of drug-likeness (QED) is 0.135. The van der Waals surface area contributed by atoms with Crippen LogP contribution < -0.4 is 0 Å². The fraction of sp³-hybridized carbons (Fsp3) is 0.167. The van der Waals surface area contributed by atoms with Gasteiger partial charge in [-0.2, -0.15) is 0 Å².